The molecule has 0 radical (unpaired) electrons. The van der Waals surface area contributed by atoms with Gasteiger partial charge >= 0.3 is 0 Å². The van der Waals surface area contributed by atoms with Gasteiger partial charge in [0.1, 0.15) is 5.52 Å². The molecule has 0 fully saturated rings. The average Bonchev–Trinajstić information content (AvgIpc) is 3.03. The number of aryl methyl sites for hydroxylation is 1. The third-order valence-electron chi connectivity index (χ3n) is 4.03. The van der Waals surface area contributed by atoms with E-state index >= 15 is 0 Å². The minimum absolute atomic E-state index is 0.122. The fourth-order valence-electron chi connectivity index (χ4n) is 2.75. The third-order valence-corrected chi connectivity index (χ3v) is 4.03. The molecule has 0 saturated heterocycles. The van der Waals surface area contributed by atoms with Crippen LogP contribution in [-0.4, -0.2) is 40.3 Å². The van der Waals surface area contributed by atoms with Crippen LogP contribution in [0.2, 0.25) is 0 Å². The predicted molar refractivity (Wildman–Crippen MR) is 92.7 cm³/mol. The van der Waals surface area contributed by atoms with Gasteiger partial charge in [0.2, 0.25) is 0 Å². The molecule has 0 aliphatic carbocycles. The quantitative estimate of drug-likeness (QED) is 0.756. The lowest BCUT2D eigenvalue weighted by Gasteiger charge is -2.25. The van der Waals surface area contributed by atoms with Crippen LogP contribution in [0.4, 0.5) is 5.82 Å². The Hall–Kier alpha value is -2.60. The van der Waals surface area contributed by atoms with Crippen molar-refractivity contribution in [1.82, 2.24) is 19.7 Å². The molecule has 0 bridgehead atoms. The van der Waals surface area contributed by atoms with Crippen LogP contribution in [0, 0.1) is 0 Å². The highest BCUT2D eigenvalue weighted by Crippen LogP contribution is 2.21. The highest BCUT2D eigenvalue weighted by molar-refractivity contribution is 5.88. The summed E-state index contributed by atoms with van der Waals surface area (Å²) >= 11 is 0. The van der Waals surface area contributed by atoms with E-state index in [-0.39, 0.29) is 11.6 Å². The first-order chi connectivity index (χ1) is 11.1. The number of fused-ring (bicyclic) bond motifs is 1. The maximum atomic E-state index is 12.0. The first-order valence-electron chi connectivity index (χ1n) is 7.57. The van der Waals surface area contributed by atoms with Crippen molar-refractivity contribution in [1.29, 1.82) is 0 Å². The first-order valence-corrected chi connectivity index (χ1v) is 7.57. The van der Waals surface area contributed by atoms with Crippen LogP contribution in [0.25, 0.3) is 10.9 Å². The molecule has 3 aromatic rings. The largest absolute Gasteiger partial charge is 0.366 e. The molecule has 0 amide bonds. The second kappa shape index (κ2) is 6.26. The van der Waals surface area contributed by atoms with Gasteiger partial charge in [-0.25, -0.2) is 4.68 Å². The fraction of sp³-hybridized carbons (Fsp3) is 0.294. The molecule has 6 nitrogen and oxygen atoms in total. The molecule has 6 heteroatoms. The van der Waals surface area contributed by atoms with Crippen molar-refractivity contribution in [3.05, 3.63) is 58.5 Å². The minimum atomic E-state index is -0.122. The van der Waals surface area contributed by atoms with Gasteiger partial charge in [-0.2, -0.15) is 5.10 Å². The number of hydrogen-bond donors (Lipinski definition) is 2. The Morgan fingerprint density at radius 3 is 2.70 bits per heavy atom. The van der Waals surface area contributed by atoms with Gasteiger partial charge in [0.25, 0.3) is 5.56 Å². The van der Waals surface area contributed by atoms with E-state index in [4.69, 9.17) is 0 Å². The Morgan fingerprint density at radius 1 is 1.26 bits per heavy atom. The highest BCUT2D eigenvalue weighted by Gasteiger charge is 2.15. The van der Waals surface area contributed by atoms with Gasteiger partial charge in [-0.3, -0.25) is 4.79 Å². The standard InChI is InChI=1S/C17H21N5O/c1-21(2)14(12-7-5-4-6-8-12)11-19-16-13-9-10-18-15(13)17(23)22(3)20-16/h4-10,14,18H,11H2,1-3H3,(H,19,20). The second-order valence-electron chi connectivity index (χ2n) is 5.81. The Kier molecular flexibility index (Phi) is 4.16. The molecule has 1 atom stereocenters. The van der Waals surface area contributed by atoms with Gasteiger partial charge in [-0.15, -0.1) is 0 Å². The van der Waals surface area contributed by atoms with E-state index in [1.54, 1.807) is 13.2 Å². The maximum Gasteiger partial charge on any atom is 0.290 e. The van der Waals surface area contributed by atoms with E-state index in [1.165, 1.54) is 10.2 Å². The summed E-state index contributed by atoms with van der Waals surface area (Å²) in [6.45, 7) is 0.697. The first kappa shape index (κ1) is 15.3. The van der Waals surface area contributed by atoms with Crippen LogP contribution in [-0.2, 0) is 7.05 Å². The van der Waals surface area contributed by atoms with Crippen LogP contribution in [0.15, 0.2) is 47.4 Å². The molecule has 0 saturated carbocycles. The summed E-state index contributed by atoms with van der Waals surface area (Å²) in [5, 5.41) is 8.56. The topological polar surface area (TPSA) is 66.0 Å². The number of nitrogens with zero attached hydrogens (tertiary/aromatic N) is 3. The van der Waals surface area contributed by atoms with Crippen molar-refractivity contribution in [3.63, 3.8) is 0 Å². The van der Waals surface area contributed by atoms with Crippen molar-refractivity contribution in [3.8, 4) is 0 Å². The molecule has 23 heavy (non-hydrogen) atoms. The van der Waals surface area contributed by atoms with Crippen molar-refractivity contribution < 1.29 is 0 Å². The van der Waals surface area contributed by atoms with E-state index in [2.05, 4.69) is 46.5 Å². The summed E-state index contributed by atoms with van der Waals surface area (Å²) in [6.07, 6.45) is 1.76. The minimum Gasteiger partial charge on any atom is -0.366 e. The van der Waals surface area contributed by atoms with Gasteiger partial charge in [-0.1, -0.05) is 30.3 Å². The Morgan fingerprint density at radius 2 is 2.00 bits per heavy atom. The van der Waals surface area contributed by atoms with Crippen molar-refractivity contribution >= 4 is 16.7 Å². The number of anilines is 1. The number of benzene rings is 1. The molecular formula is C17H21N5O. The number of nitrogens with one attached hydrogen (secondary N) is 2. The fourth-order valence-corrected chi connectivity index (χ4v) is 2.75. The van der Waals surface area contributed by atoms with Crippen LogP contribution in [0.3, 0.4) is 0 Å². The summed E-state index contributed by atoms with van der Waals surface area (Å²) in [5.41, 5.74) is 1.69. The van der Waals surface area contributed by atoms with Gasteiger partial charge < -0.3 is 15.2 Å². The summed E-state index contributed by atoms with van der Waals surface area (Å²) in [7, 11) is 5.77. The number of hydrogen-bond acceptors (Lipinski definition) is 4. The molecule has 0 aliphatic rings. The number of rotatable bonds is 5. The molecular weight excluding hydrogens is 290 g/mol. The summed E-state index contributed by atoms with van der Waals surface area (Å²) in [4.78, 5) is 17.2. The average molecular weight is 311 g/mol. The van der Waals surface area contributed by atoms with E-state index < -0.39 is 0 Å². The monoisotopic (exact) mass is 311 g/mol. The molecule has 2 heterocycles. The predicted octanol–water partition coefficient (Wildman–Crippen LogP) is 1.98. The lowest BCUT2D eigenvalue weighted by atomic mass is 10.1. The Bertz CT molecular complexity index is 850. The molecule has 0 aliphatic heterocycles. The molecule has 1 unspecified atom stereocenters. The molecule has 0 spiro atoms. The van der Waals surface area contributed by atoms with Gasteiger partial charge in [0.05, 0.1) is 6.04 Å². The van der Waals surface area contributed by atoms with Crippen LogP contribution in [0.5, 0.6) is 0 Å². The number of aromatic amines is 1. The lowest BCUT2D eigenvalue weighted by molar-refractivity contribution is 0.311. The molecule has 1 aromatic carbocycles. The molecule has 120 valence electrons. The SMILES string of the molecule is CN(C)C(CNc1nn(C)c(=O)c2[nH]ccc12)c1ccccc1. The zero-order valence-corrected chi connectivity index (χ0v) is 13.6. The van der Waals surface area contributed by atoms with E-state index in [0.717, 1.165) is 5.39 Å². The van der Waals surface area contributed by atoms with E-state index in [1.807, 2.05) is 24.3 Å². The van der Waals surface area contributed by atoms with Crippen LogP contribution < -0.4 is 10.9 Å². The smallest absolute Gasteiger partial charge is 0.290 e. The van der Waals surface area contributed by atoms with Gasteiger partial charge in [-0.05, 0) is 25.7 Å². The maximum absolute atomic E-state index is 12.0. The van der Waals surface area contributed by atoms with Gasteiger partial charge in [0, 0.05) is 25.2 Å². The number of likely N-dealkylation sites (N-methyl/N-ethyl adjacent to an activating group) is 1. The van der Waals surface area contributed by atoms with Crippen LogP contribution in [0.1, 0.15) is 11.6 Å². The van der Waals surface area contributed by atoms with Crippen molar-refractivity contribution in [2.75, 3.05) is 26.0 Å². The Balaban J connectivity index is 1.89. The zero-order chi connectivity index (χ0) is 16.4. The van der Waals surface area contributed by atoms with Crippen molar-refractivity contribution in [2.45, 2.75) is 6.04 Å². The van der Waals surface area contributed by atoms with E-state index in [9.17, 15) is 4.79 Å². The lowest BCUT2D eigenvalue weighted by Crippen LogP contribution is -2.28. The number of H-pyrrole nitrogens is 1. The number of aromatic nitrogens is 3. The highest BCUT2D eigenvalue weighted by atomic mass is 16.1. The normalized spacial score (nSPS) is 12.7. The van der Waals surface area contributed by atoms with Gasteiger partial charge in [0.15, 0.2) is 5.82 Å². The second-order valence-corrected chi connectivity index (χ2v) is 5.81. The Labute approximate surface area is 134 Å². The molecule has 2 N–H and O–H groups in total. The van der Waals surface area contributed by atoms with E-state index in [0.29, 0.717) is 17.9 Å². The van der Waals surface area contributed by atoms with Crippen molar-refractivity contribution in [2.24, 2.45) is 7.05 Å². The summed E-state index contributed by atoms with van der Waals surface area (Å²) < 4.78 is 1.36. The summed E-state index contributed by atoms with van der Waals surface area (Å²) in [6, 6.07) is 12.4. The zero-order valence-electron chi connectivity index (χ0n) is 13.6. The summed E-state index contributed by atoms with van der Waals surface area (Å²) in [5.74, 6) is 0.714. The molecule has 2 aromatic heterocycles. The third kappa shape index (κ3) is 2.98. The van der Waals surface area contributed by atoms with Crippen LogP contribution >= 0.6 is 0 Å². The molecule has 3 rings (SSSR count).